The summed E-state index contributed by atoms with van der Waals surface area (Å²) >= 11 is 2.00. The van der Waals surface area contributed by atoms with Crippen molar-refractivity contribution in [2.75, 3.05) is 0 Å². The van der Waals surface area contributed by atoms with Gasteiger partial charge in [-0.1, -0.05) is 11.2 Å². The first kappa shape index (κ1) is 9.57. The second kappa shape index (κ2) is 3.64. The highest BCUT2D eigenvalue weighted by Crippen LogP contribution is 2.16. The van der Waals surface area contributed by atoms with Crippen molar-refractivity contribution in [3.63, 3.8) is 0 Å². The number of halogens is 1. The Morgan fingerprint density at radius 1 is 1.21 bits per heavy atom. The molecule has 5 heteroatoms. The van der Waals surface area contributed by atoms with Crippen LogP contribution in [0.1, 0.15) is 11.3 Å². The lowest BCUT2D eigenvalue weighted by Gasteiger charge is -1.99. The van der Waals surface area contributed by atoms with Crippen molar-refractivity contribution in [1.82, 2.24) is 15.1 Å². The van der Waals surface area contributed by atoms with Crippen molar-refractivity contribution >= 4 is 22.6 Å². The molecule has 2 aromatic rings. The van der Waals surface area contributed by atoms with Gasteiger partial charge < -0.3 is 4.52 Å². The van der Waals surface area contributed by atoms with Crippen LogP contribution in [0.4, 0.5) is 0 Å². The second-order valence-electron chi connectivity index (χ2n) is 2.97. The molecule has 0 radical (unpaired) electrons. The fourth-order valence-electron chi connectivity index (χ4n) is 1.06. The van der Waals surface area contributed by atoms with E-state index in [0.717, 1.165) is 17.0 Å². The zero-order chi connectivity index (χ0) is 10.1. The molecule has 0 aliphatic carbocycles. The maximum Gasteiger partial charge on any atom is 0.277 e. The van der Waals surface area contributed by atoms with Crippen LogP contribution in [0.3, 0.4) is 0 Å². The highest BCUT2D eigenvalue weighted by atomic mass is 127. The SMILES string of the molecule is Cc1ccc(-c2nc(I)no2)nc1C. The van der Waals surface area contributed by atoms with E-state index in [0.29, 0.717) is 9.72 Å². The van der Waals surface area contributed by atoms with E-state index >= 15 is 0 Å². The van der Waals surface area contributed by atoms with Crippen molar-refractivity contribution < 1.29 is 4.52 Å². The minimum absolute atomic E-state index is 0.470. The number of rotatable bonds is 1. The molecule has 0 aliphatic heterocycles. The normalized spacial score (nSPS) is 10.5. The van der Waals surface area contributed by atoms with E-state index < -0.39 is 0 Å². The molecule has 0 aliphatic rings. The van der Waals surface area contributed by atoms with Gasteiger partial charge in [0.15, 0.2) is 0 Å². The maximum absolute atomic E-state index is 5.01. The smallest absolute Gasteiger partial charge is 0.277 e. The molecular formula is C9H8IN3O. The molecule has 0 saturated carbocycles. The van der Waals surface area contributed by atoms with Gasteiger partial charge in [-0.15, -0.1) is 0 Å². The highest BCUT2D eigenvalue weighted by molar-refractivity contribution is 14.1. The van der Waals surface area contributed by atoms with Crippen LogP contribution in [0.5, 0.6) is 0 Å². The van der Waals surface area contributed by atoms with Gasteiger partial charge in [0.05, 0.1) is 0 Å². The van der Waals surface area contributed by atoms with Gasteiger partial charge in [0.25, 0.3) is 5.89 Å². The fraction of sp³-hybridized carbons (Fsp3) is 0.222. The number of pyridine rings is 1. The molecule has 0 saturated heterocycles. The van der Waals surface area contributed by atoms with Gasteiger partial charge in [0, 0.05) is 28.3 Å². The molecule has 0 aromatic carbocycles. The van der Waals surface area contributed by atoms with Gasteiger partial charge in [0.1, 0.15) is 5.69 Å². The summed E-state index contributed by atoms with van der Waals surface area (Å²) in [4.78, 5) is 8.45. The summed E-state index contributed by atoms with van der Waals surface area (Å²) in [6, 6.07) is 3.88. The zero-order valence-electron chi connectivity index (χ0n) is 7.78. The quantitative estimate of drug-likeness (QED) is 0.759. The lowest BCUT2D eigenvalue weighted by atomic mass is 10.2. The first-order valence-corrected chi connectivity index (χ1v) is 5.18. The standard InChI is InChI=1S/C9H8IN3O/c1-5-3-4-7(11-6(5)2)8-12-9(10)13-14-8/h3-4H,1-2H3. The van der Waals surface area contributed by atoms with Crippen LogP contribution in [0.25, 0.3) is 11.6 Å². The Hall–Kier alpha value is -0.980. The summed E-state index contributed by atoms with van der Waals surface area (Å²) < 4.78 is 5.61. The number of aryl methyl sites for hydroxylation is 2. The molecular weight excluding hydrogens is 293 g/mol. The molecule has 0 unspecified atom stereocenters. The van der Waals surface area contributed by atoms with Crippen LogP contribution in [-0.4, -0.2) is 15.1 Å². The Kier molecular flexibility index (Phi) is 2.49. The minimum Gasteiger partial charge on any atom is -0.331 e. The Labute approximate surface area is 94.9 Å². The van der Waals surface area contributed by atoms with Crippen LogP contribution in [0, 0.1) is 17.7 Å². The van der Waals surface area contributed by atoms with E-state index in [9.17, 15) is 0 Å². The first-order valence-electron chi connectivity index (χ1n) is 4.10. The summed E-state index contributed by atoms with van der Waals surface area (Å²) in [7, 11) is 0. The second-order valence-corrected chi connectivity index (χ2v) is 3.93. The van der Waals surface area contributed by atoms with Crippen molar-refractivity contribution in [2.45, 2.75) is 13.8 Å². The summed E-state index contributed by atoms with van der Waals surface area (Å²) in [5.74, 6) is 0.470. The Morgan fingerprint density at radius 3 is 2.57 bits per heavy atom. The summed E-state index contributed by atoms with van der Waals surface area (Å²) in [5, 5.41) is 3.71. The maximum atomic E-state index is 5.01. The van der Waals surface area contributed by atoms with Gasteiger partial charge >= 0.3 is 0 Å². The third-order valence-corrected chi connectivity index (χ3v) is 2.41. The molecule has 0 N–H and O–H groups in total. The number of nitrogens with zero attached hydrogens (tertiary/aromatic N) is 3. The van der Waals surface area contributed by atoms with Gasteiger partial charge in [-0.05, 0) is 25.5 Å². The van der Waals surface area contributed by atoms with Crippen molar-refractivity contribution in [3.05, 3.63) is 27.2 Å². The van der Waals surface area contributed by atoms with E-state index in [-0.39, 0.29) is 0 Å². The van der Waals surface area contributed by atoms with E-state index in [1.54, 1.807) is 0 Å². The molecule has 0 amide bonds. The van der Waals surface area contributed by atoms with Crippen molar-refractivity contribution in [2.24, 2.45) is 0 Å². The molecule has 0 spiro atoms. The van der Waals surface area contributed by atoms with Crippen molar-refractivity contribution in [3.8, 4) is 11.6 Å². The average molecular weight is 301 g/mol. The molecule has 2 rings (SSSR count). The van der Waals surface area contributed by atoms with Crippen LogP contribution in [0.15, 0.2) is 16.7 Å². The van der Waals surface area contributed by atoms with Crippen LogP contribution in [0.2, 0.25) is 0 Å². The molecule has 2 aromatic heterocycles. The highest BCUT2D eigenvalue weighted by Gasteiger charge is 2.08. The summed E-state index contributed by atoms with van der Waals surface area (Å²) in [6.45, 7) is 3.98. The lowest BCUT2D eigenvalue weighted by molar-refractivity contribution is 0.424. The minimum atomic E-state index is 0.470. The van der Waals surface area contributed by atoms with E-state index in [2.05, 4.69) is 15.1 Å². The summed E-state index contributed by atoms with van der Waals surface area (Å²) in [5.41, 5.74) is 2.86. The monoisotopic (exact) mass is 301 g/mol. The number of aromatic nitrogens is 3. The predicted octanol–water partition coefficient (Wildman–Crippen LogP) is 2.35. The Balaban J connectivity index is 2.47. The van der Waals surface area contributed by atoms with Gasteiger partial charge in [-0.25, -0.2) is 4.98 Å². The average Bonchev–Trinajstić information content (AvgIpc) is 2.57. The predicted molar refractivity (Wildman–Crippen MR) is 59.7 cm³/mol. The largest absolute Gasteiger partial charge is 0.331 e. The molecule has 72 valence electrons. The fourth-order valence-corrected chi connectivity index (χ4v) is 1.38. The molecule has 14 heavy (non-hydrogen) atoms. The van der Waals surface area contributed by atoms with E-state index in [4.69, 9.17) is 4.52 Å². The third kappa shape index (κ3) is 1.77. The van der Waals surface area contributed by atoms with Crippen LogP contribution in [-0.2, 0) is 0 Å². The summed E-state index contributed by atoms with van der Waals surface area (Å²) in [6.07, 6.45) is 0. The molecule has 0 bridgehead atoms. The lowest BCUT2D eigenvalue weighted by Crippen LogP contribution is -1.90. The Morgan fingerprint density at radius 2 is 2.00 bits per heavy atom. The van der Waals surface area contributed by atoms with Gasteiger partial charge in [-0.3, -0.25) is 0 Å². The van der Waals surface area contributed by atoms with Gasteiger partial charge in [0.2, 0.25) is 3.83 Å². The van der Waals surface area contributed by atoms with E-state index in [1.165, 1.54) is 0 Å². The third-order valence-electron chi connectivity index (χ3n) is 1.97. The van der Waals surface area contributed by atoms with Gasteiger partial charge in [-0.2, -0.15) is 4.98 Å². The number of hydrogen-bond acceptors (Lipinski definition) is 4. The van der Waals surface area contributed by atoms with E-state index in [1.807, 2.05) is 48.6 Å². The molecule has 0 fully saturated rings. The Bertz CT molecular complexity index is 467. The van der Waals surface area contributed by atoms with Crippen molar-refractivity contribution in [1.29, 1.82) is 0 Å². The first-order chi connectivity index (χ1) is 6.66. The topological polar surface area (TPSA) is 51.8 Å². The zero-order valence-corrected chi connectivity index (χ0v) is 9.94. The molecule has 0 atom stereocenters. The van der Waals surface area contributed by atoms with Crippen LogP contribution < -0.4 is 0 Å². The van der Waals surface area contributed by atoms with Crippen LogP contribution >= 0.6 is 22.6 Å². The molecule has 4 nitrogen and oxygen atoms in total. The molecule has 2 heterocycles. The number of hydrogen-bond donors (Lipinski definition) is 0.